The van der Waals surface area contributed by atoms with E-state index in [9.17, 15) is 15.0 Å². The predicted molar refractivity (Wildman–Crippen MR) is 168 cm³/mol. The largest absolute Gasteiger partial charge is 0.478 e. The van der Waals surface area contributed by atoms with Gasteiger partial charge in [-0.25, -0.2) is 4.79 Å². The van der Waals surface area contributed by atoms with Gasteiger partial charge in [0.2, 0.25) is 0 Å². The van der Waals surface area contributed by atoms with Crippen LogP contribution in [-0.2, 0) is 9.47 Å². The molecule has 2 aromatic rings. The van der Waals surface area contributed by atoms with Gasteiger partial charge in [0.1, 0.15) is 0 Å². The molecule has 5 aliphatic rings. The zero-order valence-corrected chi connectivity index (χ0v) is 25.9. The van der Waals surface area contributed by atoms with E-state index in [4.69, 9.17) is 9.47 Å². The molecule has 228 valence electrons. The number of carbonyl (C=O) groups is 1. The van der Waals surface area contributed by atoms with E-state index in [1.165, 1.54) is 18.4 Å². The lowest BCUT2D eigenvalue weighted by Gasteiger charge is -2.55. The predicted octanol–water partition coefficient (Wildman–Crippen LogP) is 8.10. The van der Waals surface area contributed by atoms with Gasteiger partial charge in [0.25, 0.3) is 0 Å². The van der Waals surface area contributed by atoms with Crippen LogP contribution < -0.4 is 0 Å². The van der Waals surface area contributed by atoms with E-state index in [-0.39, 0.29) is 16.9 Å². The highest BCUT2D eigenvalue weighted by Crippen LogP contribution is 2.65. The van der Waals surface area contributed by atoms with Crippen LogP contribution in [0.2, 0.25) is 0 Å². The molecule has 0 bridgehead atoms. The van der Waals surface area contributed by atoms with Crippen molar-refractivity contribution in [3.63, 3.8) is 0 Å². The lowest BCUT2D eigenvalue weighted by molar-refractivity contribution is -0.312. The van der Waals surface area contributed by atoms with Crippen molar-refractivity contribution in [1.29, 1.82) is 0 Å². The van der Waals surface area contributed by atoms with Crippen molar-refractivity contribution in [3.05, 3.63) is 81.9 Å². The van der Waals surface area contributed by atoms with Crippen LogP contribution in [0.3, 0.4) is 0 Å². The number of aromatic carboxylic acids is 1. The molecule has 3 saturated carbocycles. The highest BCUT2D eigenvalue weighted by atomic mass is 16.7. The van der Waals surface area contributed by atoms with Crippen LogP contribution in [0.15, 0.2) is 59.7 Å². The Morgan fingerprint density at radius 2 is 1.65 bits per heavy atom. The number of benzene rings is 2. The van der Waals surface area contributed by atoms with Gasteiger partial charge in [0.15, 0.2) is 5.79 Å². The second-order valence-corrected chi connectivity index (χ2v) is 15.1. The Kier molecular flexibility index (Phi) is 7.23. The first-order valence-electron chi connectivity index (χ1n) is 16.4. The summed E-state index contributed by atoms with van der Waals surface area (Å²) in [6.07, 6.45) is 12.2. The standard InChI is InChI=1S/C38H46O5/c1-36(2)22-42-38(43-23-36)18-17-29-28(20-38)13-14-30-32-15-16-33(39)37(32,3)21-31(34(29)30)26-11-9-24(10-12-26)7-8-25-5-4-6-27(19-25)35(40)41/h4-12,19,28,30-33,39H,13-18,20-23H2,1-3H3,(H,40,41)/b8-7+. The number of aliphatic hydroxyl groups excluding tert-OH is 1. The Labute approximate surface area is 256 Å². The fraction of sp³-hybridized carbons (Fsp3) is 0.553. The highest BCUT2D eigenvalue weighted by Gasteiger charge is 2.57. The van der Waals surface area contributed by atoms with E-state index >= 15 is 0 Å². The summed E-state index contributed by atoms with van der Waals surface area (Å²) >= 11 is 0. The van der Waals surface area contributed by atoms with Crippen molar-refractivity contribution in [2.45, 2.75) is 89.9 Å². The topological polar surface area (TPSA) is 76.0 Å². The molecule has 6 atom stereocenters. The average Bonchev–Trinajstić information content (AvgIpc) is 3.31. The number of rotatable bonds is 4. The smallest absolute Gasteiger partial charge is 0.335 e. The summed E-state index contributed by atoms with van der Waals surface area (Å²) in [5.74, 6) is 0.618. The molecular formula is C38H46O5. The van der Waals surface area contributed by atoms with Gasteiger partial charge in [0, 0.05) is 24.2 Å². The van der Waals surface area contributed by atoms with Crippen LogP contribution in [0.5, 0.6) is 0 Å². The van der Waals surface area contributed by atoms with Gasteiger partial charge < -0.3 is 19.7 Å². The molecule has 2 N–H and O–H groups in total. The van der Waals surface area contributed by atoms with Crippen molar-refractivity contribution < 1.29 is 24.5 Å². The normalized spacial score (nSPS) is 34.6. The maximum absolute atomic E-state index is 11.4. The maximum atomic E-state index is 11.4. The molecule has 1 aliphatic heterocycles. The third-order valence-corrected chi connectivity index (χ3v) is 11.7. The average molecular weight is 583 g/mol. The molecule has 7 rings (SSSR count). The molecule has 4 aliphatic carbocycles. The fourth-order valence-electron chi connectivity index (χ4n) is 9.31. The van der Waals surface area contributed by atoms with Crippen molar-refractivity contribution >= 4 is 18.1 Å². The fourth-order valence-corrected chi connectivity index (χ4v) is 9.31. The molecule has 2 aromatic carbocycles. The number of hydrogen-bond acceptors (Lipinski definition) is 4. The van der Waals surface area contributed by atoms with Gasteiger partial charge in [-0.3, -0.25) is 0 Å². The minimum atomic E-state index is -0.912. The van der Waals surface area contributed by atoms with Crippen LogP contribution in [0.1, 0.15) is 105 Å². The van der Waals surface area contributed by atoms with Crippen LogP contribution in [0.25, 0.3) is 12.2 Å². The Morgan fingerprint density at radius 1 is 0.907 bits per heavy atom. The molecule has 43 heavy (non-hydrogen) atoms. The number of carboxylic acids is 1. The number of hydrogen-bond donors (Lipinski definition) is 2. The SMILES string of the molecule is CC1(C)COC2(CCC3=C4C(c5ccc(/C=C/c6cccc(C(=O)O)c6)cc5)CC5(C)C(O)CCC5C4CCC3C2)OC1. The van der Waals surface area contributed by atoms with Gasteiger partial charge in [-0.15, -0.1) is 0 Å². The van der Waals surface area contributed by atoms with Crippen molar-refractivity contribution in [3.8, 4) is 0 Å². The van der Waals surface area contributed by atoms with E-state index in [1.54, 1.807) is 29.3 Å². The van der Waals surface area contributed by atoms with E-state index in [2.05, 4.69) is 51.1 Å². The van der Waals surface area contributed by atoms with E-state index in [0.717, 1.165) is 62.9 Å². The molecular weight excluding hydrogens is 536 g/mol. The monoisotopic (exact) mass is 582 g/mol. The molecule has 1 heterocycles. The lowest BCUT2D eigenvalue weighted by atomic mass is 9.52. The summed E-state index contributed by atoms with van der Waals surface area (Å²) in [4.78, 5) is 11.4. The summed E-state index contributed by atoms with van der Waals surface area (Å²) in [5, 5.41) is 20.6. The molecule has 6 unspecified atom stereocenters. The number of ether oxygens (including phenoxy) is 2. The Morgan fingerprint density at radius 3 is 2.40 bits per heavy atom. The van der Waals surface area contributed by atoms with Gasteiger partial charge in [-0.2, -0.15) is 0 Å². The first kappa shape index (κ1) is 29.0. The third-order valence-electron chi connectivity index (χ3n) is 11.7. The van der Waals surface area contributed by atoms with Crippen molar-refractivity contribution in [1.82, 2.24) is 0 Å². The van der Waals surface area contributed by atoms with Gasteiger partial charge in [-0.05, 0) is 90.5 Å². The summed E-state index contributed by atoms with van der Waals surface area (Å²) in [6, 6.07) is 16.0. The minimum absolute atomic E-state index is 0.0446. The minimum Gasteiger partial charge on any atom is -0.478 e. The first-order valence-corrected chi connectivity index (χ1v) is 16.4. The Hall–Kier alpha value is -2.73. The molecule has 0 aromatic heterocycles. The number of carboxylic acid groups (broad SMARTS) is 1. The van der Waals surface area contributed by atoms with Gasteiger partial charge in [-0.1, -0.05) is 80.5 Å². The van der Waals surface area contributed by atoms with Crippen LogP contribution in [-0.4, -0.2) is 41.3 Å². The quantitative estimate of drug-likeness (QED) is 0.281. The second-order valence-electron chi connectivity index (χ2n) is 15.1. The first-order chi connectivity index (χ1) is 20.6. The summed E-state index contributed by atoms with van der Waals surface area (Å²) in [7, 11) is 0. The van der Waals surface area contributed by atoms with Gasteiger partial charge >= 0.3 is 5.97 Å². The molecule has 4 fully saturated rings. The Balaban J connectivity index is 1.19. The molecule has 1 spiro atoms. The number of fused-ring (bicyclic) bond motifs is 4. The number of aliphatic hydroxyl groups is 1. The van der Waals surface area contributed by atoms with Gasteiger partial charge in [0.05, 0.1) is 24.9 Å². The summed E-state index contributed by atoms with van der Waals surface area (Å²) in [5.41, 5.74) is 7.01. The Bertz CT molecular complexity index is 1440. The van der Waals surface area contributed by atoms with Crippen molar-refractivity contribution in [2.24, 2.45) is 28.6 Å². The molecule has 5 heteroatoms. The van der Waals surface area contributed by atoms with E-state index in [0.29, 0.717) is 29.2 Å². The van der Waals surface area contributed by atoms with Crippen molar-refractivity contribution in [2.75, 3.05) is 13.2 Å². The maximum Gasteiger partial charge on any atom is 0.335 e. The third kappa shape index (κ3) is 5.22. The molecule has 0 amide bonds. The molecule has 0 radical (unpaired) electrons. The zero-order valence-electron chi connectivity index (χ0n) is 25.9. The van der Waals surface area contributed by atoms with Crippen LogP contribution in [0, 0.1) is 28.6 Å². The number of allylic oxidation sites excluding steroid dienone is 2. The molecule has 5 nitrogen and oxygen atoms in total. The highest BCUT2D eigenvalue weighted by molar-refractivity contribution is 5.88. The summed E-state index contributed by atoms with van der Waals surface area (Å²) < 4.78 is 13.0. The molecule has 1 saturated heterocycles. The summed E-state index contributed by atoms with van der Waals surface area (Å²) in [6.45, 7) is 8.33. The second kappa shape index (κ2) is 10.7. The van der Waals surface area contributed by atoms with E-state index in [1.807, 2.05) is 12.1 Å². The lowest BCUT2D eigenvalue weighted by Crippen LogP contribution is -2.52. The van der Waals surface area contributed by atoms with Crippen LogP contribution in [0.4, 0.5) is 0 Å². The van der Waals surface area contributed by atoms with Crippen LogP contribution >= 0.6 is 0 Å². The van der Waals surface area contributed by atoms with E-state index < -0.39 is 11.8 Å². The zero-order chi connectivity index (χ0) is 30.0.